The van der Waals surface area contributed by atoms with Crippen molar-refractivity contribution in [3.05, 3.63) is 59.7 Å². The molecule has 0 amide bonds. The zero-order chi connectivity index (χ0) is 21.1. The van der Waals surface area contributed by atoms with E-state index < -0.39 is 26.9 Å². The van der Waals surface area contributed by atoms with Crippen molar-refractivity contribution in [1.29, 1.82) is 0 Å². The first kappa shape index (κ1) is 22.5. The van der Waals surface area contributed by atoms with Gasteiger partial charge in [0.05, 0.1) is 16.5 Å². The maximum Gasteiger partial charge on any atom is 0.294 e. The molecule has 3 unspecified atom stereocenters. The maximum atomic E-state index is 13.4. The number of halogens is 1. The molecule has 2 aromatic rings. The zero-order valence-corrected chi connectivity index (χ0v) is 17.1. The Labute approximate surface area is 164 Å². The highest BCUT2D eigenvalue weighted by Crippen LogP contribution is 2.36. The number of hydrogen-bond donors (Lipinski definition) is 2. The highest BCUT2D eigenvalue weighted by Gasteiger charge is 2.23. The van der Waals surface area contributed by atoms with Gasteiger partial charge in [-0.25, -0.2) is 0 Å². The molecule has 0 spiro atoms. The second kappa shape index (κ2) is 8.69. The molecule has 0 aromatic heterocycles. The van der Waals surface area contributed by atoms with Crippen LogP contribution in [0.3, 0.4) is 0 Å². The molecular formula is C19H23FO6S2. The van der Waals surface area contributed by atoms with Crippen molar-refractivity contribution in [3.8, 4) is 0 Å². The minimum Gasteiger partial charge on any atom is -0.282 e. The summed E-state index contributed by atoms with van der Waals surface area (Å²) in [6.07, 6.45) is 0.543. The van der Waals surface area contributed by atoms with Crippen molar-refractivity contribution in [1.82, 2.24) is 0 Å². The molecular weight excluding hydrogens is 407 g/mol. The molecule has 3 atom stereocenters. The Hall–Kier alpha value is -1.81. The largest absolute Gasteiger partial charge is 0.294 e. The molecule has 2 aromatic carbocycles. The lowest BCUT2D eigenvalue weighted by molar-refractivity contribution is 0.315. The van der Waals surface area contributed by atoms with Gasteiger partial charge in [0.1, 0.15) is 0 Å². The molecule has 0 saturated carbocycles. The molecule has 0 aliphatic rings. The summed E-state index contributed by atoms with van der Waals surface area (Å²) in [5.41, 5.74) is 1.58. The van der Waals surface area contributed by atoms with Gasteiger partial charge in [-0.1, -0.05) is 38.1 Å². The first-order chi connectivity index (χ1) is 12.9. The van der Waals surface area contributed by atoms with E-state index in [-0.39, 0.29) is 27.5 Å². The normalized spacial score (nSPS) is 15.8. The lowest BCUT2D eigenvalue weighted by Crippen LogP contribution is -2.15. The molecule has 0 radical (unpaired) electrons. The van der Waals surface area contributed by atoms with E-state index in [1.54, 1.807) is 31.2 Å². The van der Waals surface area contributed by atoms with Gasteiger partial charge in [0, 0.05) is 0 Å². The lowest BCUT2D eigenvalue weighted by Gasteiger charge is -2.26. The number of benzene rings is 2. The highest BCUT2D eigenvalue weighted by molar-refractivity contribution is 7.86. The summed E-state index contributed by atoms with van der Waals surface area (Å²) < 4.78 is 76.3. The molecule has 2 rings (SSSR count). The van der Waals surface area contributed by atoms with E-state index in [9.17, 15) is 21.2 Å². The monoisotopic (exact) mass is 430 g/mol. The predicted octanol–water partition coefficient (Wildman–Crippen LogP) is 4.06. The van der Waals surface area contributed by atoms with Crippen LogP contribution in [0.1, 0.15) is 43.2 Å². The van der Waals surface area contributed by atoms with Crippen molar-refractivity contribution >= 4 is 20.2 Å². The van der Waals surface area contributed by atoms with Crippen LogP contribution in [0.25, 0.3) is 0 Å². The molecule has 2 N–H and O–H groups in total. The fourth-order valence-electron chi connectivity index (χ4n) is 3.18. The third-order valence-electron chi connectivity index (χ3n) is 4.89. The van der Waals surface area contributed by atoms with Crippen LogP contribution in [-0.2, 0) is 20.2 Å². The van der Waals surface area contributed by atoms with Gasteiger partial charge in [0.15, 0.2) is 0 Å². The molecule has 6 nitrogen and oxygen atoms in total. The van der Waals surface area contributed by atoms with Crippen LogP contribution in [0, 0.1) is 5.92 Å². The van der Waals surface area contributed by atoms with Crippen molar-refractivity contribution < 1.29 is 30.3 Å². The third-order valence-corrected chi connectivity index (χ3v) is 6.63. The maximum absolute atomic E-state index is 13.4. The van der Waals surface area contributed by atoms with E-state index in [4.69, 9.17) is 9.11 Å². The van der Waals surface area contributed by atoms with Gasteiger partial charge in [0.2, 0.25) is 0 Å². The molecule has 0 saturated heterocycles. The summed E-state index contributed by atoms with van der Waals surface area (Å²) in [5, 5.41) is 0. The summed E-state index contributed by atoms with van der Waals surface area (Å²) in [5.74, 6) is -0.580. The quantitative estimate of drug-likeness (QED) is 0.611. The molecule has 0 fully saturated rings. The summed E-state index contributed by atoms with van der Waals surface area (Å²) in [6.45, 7) is 3.13. The summed E-state index contributed by atoms with van der Waals surface area (Å²) in [6, 6.07) is 11.5. The van der Waals surface area contributed by atoms with Crippen LogP contribution in [0.2, 0.25) is 0 Å². The first-order valence-corrected chi connectivity index (χ1v) is 11.5. The Balaban J connectivity index is 2.26. The average molecular weight is 431 g/mol. The van der Waals surface area contributed by atoms with E-state index >= 15 is 0 Å². The second-order valence-electron chi connectivity index (χ2n) is 6.96. The smallest absolute Gasteiger partial charge is 0.282 e. The average Bonchev–Trinajstić information content (AvgIpc) is 2.64. The van der Waals surface area contributed by atoms with Crippen LogP contribution < -0.4 is 0 Å². The first-order valence-electron chi connectivity index (χ1n) is 8.64. The third kappa shape index (κ3) is 5.60. The topological polar surface area (TPSA) is 109 Å². The van der Waals surface area contributed by atoms with Gasteiger partial charge in [-0.05, 0) is 59.6 Å². The van der Waals surface area contributed by atoms with Crippen LogP contribution in [0.15, 0.2) is 58.3 Å². The Morgan fingerprint density at radius 2 is 1.18 bits per heavy atom. The van der Waals surface area contributed by atoms with E-state index in [0.29, 0.717) is 6.42 Å². The minimum absolute atomic E-state index is 0.0457. The van der Waals surface area contributed by atoms with E-state index in [2.05, 4.69) is 0 Å². The van der Waals surface area contributed by atoms with Crippen molar-refractivity contribution in [2.75, 3.05) is 6.67 Å². The van der Waals surface area contributed by atoms with Crippen molar-refractivity contribution in [2.24, 2.45) is 5.92 Å². The number of rotatable bonds is 8. The van der Waals surface area contributed by atoms with Crippen LogP contribution in [0.5, 0.6) is 0 Å². The van der Waals surface area contributed by atoms with Gasteiger partial charge in [-0.15, -0.1) is 0 Å². The number of alkyl halides is 1. The fraction of sp³-hybridized carbons (Fsp3) is 0.368. The van der Waals surface area contributed by atoms with Crippen LogP contribution in [-0.4, -0.2) is 32.6 Å². The van der Waals surface area contributed by atoms with Gasteiger partial charge in [0.25, 0.3) is 20.2 Å². The van der Waals surface area contributed by atoms with Gasteiger partial charge >= 0.3 is 0 Å². The predicted molar refractivity (Wildman–Crippen MR) is 103 cm³/mol. The van der Waals surface area contributed by atoms with Crippen LogP contribution in [0.4, 0.5) is 4.39 Å². The summed E-state index contributed by atoms with van der Waals surface area (Å²) in [4.78, 5) is -0.422. The standard InChI is InChI=1S/C19H23FO6S2/c1-13(15-3-7-17(8-4-15)27(21,22)23)11-19(14(2)12-20)16-5-9-18(10-6-16)28(24,25)26/h3-10,13-14,19H,11-12H2,1-2H3,(H,21,22,23)(H,24,25,26). The zero-order valence-electron chi connectivity index (χ0n) is 15.5. The molecule has 154 valence electrons. The van der Waals surface area contributed by atoms with Crippen molar-refractivity contribution in [3.63, 3.8) is 0 Å². The Morgan fingerprint density at radius 1 is 0.786 bits per heavy atom. The van der Waals surface area contributed by atoms with Crippen molar-refractivity contribution in [2.45, 2.75) is 41.9 Å². The molecule has 0 bridgehead atoms. The van der Waals surface area contributed by atoms with Gasteiger partial charge in [-0.2, -0.15) is 16.8 Å². The Morgan fingerprint density at radius 3 is 1.54 bits per heavy atom. The molecule has 0 heterocycles. The van der Waals surface area contributed by atoms with Crippen LogP contribution >= 0.6 is 0 Å². The van der Waals surface area contributed by atoms with E-state index in [1.165, 1.54) is 24.3 Å². The van der Waals surface area contributed by atoms with Gasteiger partial charge in [-0.3, -0.25) is 13.5 Å². The molecule has 9 heteroatoms. The van der Waals surface area contributed by atoms with Gasteiger partial charge < -0.3 is 0 Å². The SMILES string of the molecule is CC(CC(c1ccc(S(=O)(=O)O)cc1)C(C)CF)c1ccc(S(=O)(=O)O)cc1. The summed E-state index contributed by atoms with van der Waals surface area (Å²) in [7, 11) is -8.56. The Kier molecular flexibility index (Phi) is 6.97. The molecule has 28 heavy (non-hydrogen) atoms. The summed E-state index contributed by atoms with van der Waals surface area (Å²) >= 11 is 0. The Bertz CT molecular complexity index is 999. The highest BCUT2D eigenvalue weighted by atomic mass is 32.2. The van der Waals surface area contributed by atoms with E-state index in [1.807, 2.05) is 6.92 Å². The minimum atomic E-state index is -4.30. The van der Waals surface area contributed by atoms with E-state index in [0.717, 1.165) is 11.1 Å². The molecule has 0 aliphatic heterocycles. The number of hydrogen-bond acceptors (Lipinski definition) is 4. The second-order valence-corrected chi connectivity index (χ2v) is 9.81. The molecule has 0 aliphatic carbocycles. The lowest BCUT2D eigenvalue weighted by atomic mass is 9.79. The fourth-order valence-corrected chi connectivity index (χ4v) is 4.14.